The number of piperidine rings is 1. The predicted octanol–water partition coefficient (Wildman–Crippen LogP) is 2.35. The molecule has 4 heteroatoms. The topological polar surface area (TPSA) is 42.7 Å². The Hall–Kier alpha value is -0.900. The molecule has 102 valence electrons. The minimum atomic E-state index is 0.451. The van der Waals surface area contributed by atoms with Gasteiger partial charge in [0.1, 0.15) is 11.6 Å². The molecule has 0 saturated carbocycles. The van der Waals surface area contributed by atoms with Crippen LogP contribution in [0.5, 0.6) is 0 Å². The Morgan fingerprint density at radius 1 is 1.33 bits per heavy atom. The van der Waals surface area contributed by atoms with E-state index in [1.165, 1.54) is 19.4 Å². The van der Waals surface area contributed by atoms with Crippen molar-refractivity contribution >= 4 is 0 Å². The highest BCUT2D eigenvalue weighted by Crippen LogP contribution is 2.24. The summed E-state index contributed by atoms with van der Waals surface area (Å²) in [6.45, 7) is 11.1. The molecular formula is C14H26N4. The summed E-state index contributed by atoms with van der Waals surface area (Å²) in [7, 11) is 0. The Bertz CT molecular complexity index is 377. The van der Waals surface area contributed by atoms with Crippen molar-refractivity contribution in [2.45, 2.75) is 53.0 Å². The number of nitrogens with zero attached hydrogens (tertiary/aromatic N) is 3. The number of hydrogen-bond donors (Lipinski definition) is 1. The molecular weight excluding hydrogens is 224 g/mol. The number of aromatic nitrogens is 3. The van der Waals surface area contributed by atoms with Crippen LogP contribution in [-0.4, -0.2) is 27.9 Å². The van der Waals surface area contributed by atoms with E-state index in [0.29, 0.717) is 12.0 Å². The Kier molecular flexibility index (Phi) is 4.38. The molecule has 1 aromatic heterocycles. The summed E-state index contributed by atoms with van der Waals surface area (Å²) in [5.41, 5.74) is 0. The molecule has 1 fully saturated rings. The third kappa shape index (κ3) is 2.91. The molecule has 1 N–H and O–H groups in total. The number of hydrogen-bond acceptors (Lipinski definition) is 3. The highest BCUT2D eigenvalue weighted by atomic mass is 15.3. The molecule has 1 aliphatic rings. The zero-order valence-electron chi connectivity index (χ0n) is 12.1. The summed E-state index contributed by atoms with van der Waals surface area (Å²) in [6.07, 6.45) is 3.71. The smallest absolute Gasteiger partial charge is 0.133 e. The van der Waals surface area contributed by atoms with Gasteiger partial charge in [-0.1, -0.05) is 6.92 Å². The quantitative estimate of drug-likeness (QED) is 0.892. The third-order valence-corrected chi connectivity index (χ3v) is 4.10. The van der Waals surface area contributed by atoms with E-state index in [9.17, 15) is 0 Å². The van der Waals surface area contributed by atoms with Crippen molar-refractivity contribution < 1.29 is 0 Å². The van der Waals surface area contributed by atoms with Gasteiger partial charge in [-0.25, -0.2) is 0 Å². The van der Waals surface area contributed by atoms with Gasteiger partial charge in [0.2, 0.25) is 0 Å². The Morgan fingerprint density at radius 3 is 2.72 bits per heavy atom. The molecule has 4 nitrogen and oxygen atoms in total. The summed E-state index contributed by atoms with van der Waals surface area (Å²) < 4.78 is 2.27. The third-order valence-electron chi connectivity index (χ3n) is 4.10. The number of rotatable bonds is 4. The fraction of sp³-hybridized carbons (Fsp3) is 0.857. The summed E-state index contributed by atoms with van der Waals surface area (Å²) in [6, 6.07) is 0.451. The lowest BCUT2D eigenvalue weighted by Gasteiger charge is -2.28. The molecule has 18 heavy (non-hydrogen) atoms. The summed E-state index contributed by atoms with van der Waals surface area (Å²) in [5, 5.41) is 12.1. The average molecular weight is 250 g/mol. The van der Waals surface area contributed by atoms with Crippen molar-refractivity contribution in [1.29, 1.82) is 0 Å². The van der Waals surface area contributed by atoms with Crippen molar-refractivity contribution in [2.75, 3.05) is 13.1 Å². The van der Waals surface area contributed by atoms with Crippen molar-refractivity contribution in [3.05, 3.63) is 11.6 Å². The van der Waals surface area contributed by atoms with Crippen LogP contribution in [-0.2, 0) is 6.42 Å². The fourth-order valence-corrected chi connectivity index (χ4v) is 3.04. The van der Waals surface area contributed by atoms with Gasteiger partial charge in [-0.15, -0.1) is 10.2 Å². The normalized spacial score (nSPS) is 22.4. The zero-order chi connectivity index (χ0) is 13.1. The van der Waals surface area contributed by atoms with Crippen molar-refractivity contribution in [3.8, 4) is 0 Å². The van der Waals surface area contributed by atoms with E-state index in [2.05, 4.69) is 40.9 Å². The molecule has 1 saturated heterocycles. The van der Waals surface area contributed by atoms with Crippen LogP contribution in [0.25, 0.3) is 0 Å². The number of nitrogens with one attached hydrogen (secondary N) is 1. The fourth-order valence-electron chi connectivity index (χ4n) is 3.04. The van der Waals surface area contributed by atoms with Crippen LogP contribution in [0.1, 0.15) is 51.3 Å². The Balaban J connectivity index is 2.04. The minimum Gasteiger partial charge on any atom is -0.316 e. The van der Waals surface area contributed by atoms with Crippen LogP contribution in [0, 0.1) is 18.8 Å². The largest absolute Gasteiger partial charge is 0.316 e. The monoisotopic (exact) mass is 250 g/mol. The average Bonchev–Trinajstić information content (AvgIpc) is 2.71. The summed E-state index contributed by atoms with van der Waals surface area (Å²) >= 11 is 0. The van der Waals surface area contributed by atoms with Crippen LogP contribution < -0.4 is 5.32 Å². The van der Waals surface area contributed by atoms with Crippen molar-refractivity contribution in [2.24, 2.45) is 11.8 Å². The lowest BCUT2D eigenvalue weighted by Crippen LogP contribution is -2.34. The summed E-state index contributed by atoms with van der Waals surface area (Å²) in [5.74, 6) is 3.66. The van der Waals surface area contributed by atoms with Crippen LogP contribution in [0.15, 0.2) is 0 Å². The number of aryl methyl sites for hydroxylation is 1. The van der Waals surface area contributed by atoms with E-state index < -0.39 is 0 Å². The van der Waals surface area contributed by atoms with Gasteiger partial charge in [0.25, 0.3) is 0 Å². The first-order valence-corrected chi connectivity index (χ1v) is 7.20. The molecule has 0 radical (unpaired) electrons. The Labute approximate surface area is 110 Å². The van der Waals surface area contributed by atoms with E-state index in [1.54, 1.807) is 0 Å². The second-order valence-corrected chi connectivity index (χ2v) is 5.92. The van der Waals surface area contributed by atoms with Crippen LogP contribution in [0.2, 0.25) is 0 Å². The van der Waals surface area contributed by atoms with Crippen molar-refractivity contribution in [3.63, 3.8) is 0 Å². The molecule has 0 aromatic carbocycles. The first kappa shape index (κ1) is 13.5. The standard InChI is InChI=1S/C14H26N4/c1-10(2)18-12(4)16-17-14(18)8-11(3)13-6-5-7-15-9-13/h10-11,13,15H,5-9H2,1-4H3. The van der Waals surface area contributed by atoms with E-state index in [1.807, 2.05) is 6.92 Å². The molecule has 2 rings (SSSR count). The van der Waals surface area contributed by atoms with Gasteiger partial charge in [-0.3, -0.25) is 0 Å². The van der Waals surface area contributed by atoms with Gasteiger partial charge in [-0.05, 0) is 58.5 Å². The minimum absolute atomic E-state index is 0.451. The second-order valence-electron chi connectivity index (χ2n) is 5.92. The van der Waals surface area contributed by atoms with Gasteiger partial charge in [0.15, 0.2) is 0 Å². The van der Waals surface area contributed by atoms with Gasteiger partial charge in [-0.2, -0.15) is 0 Å². The molecule has 0 spiro atoms. The van der Waals surface area contributed by atoms with Gasteiger partial charge >= 0.3 is 0 Å². The Morgan fingerprint density at radius 2 is 2.11 bits per heavy atom. The molecule has 0 aliphatic carbocycles. The van der Waals surface area contributed by atoms with Crippen molar-refractivity contribution in [1.82, 2.24) is 20.1 Å². The molecule has 2 heterocycles. The highest BCUT2D eigenvalue weighted by Gasteiger charge is 2.22. The predicted molar refractivity (Wildman–Crippen MR) is 73.6 cm³/mol. The van der Waals surface area contributed by atoms with E-state index >= 15 is 0 Å². The first-order valence-electron chi connectivity index (χ1n) is 7.20. The maximum absolute atomic E-state index is 4.36. The molecule has 0 amide bonds. The van der Waals surface area contributed by atoms with E-state index in [-0.39, 0.29) is 0 Å². The van der Waals surface area contributed by atoms with Crippen LogP contribution >= 0.6 is 0 Å². The summed E-state index contributed by atoms with van der Waals surface area (Å²) in [4.78, 5) is 0. The van der Waals surface area contributed by atoms with Crippen LogP contribution in [0.3, 0.4) is 0 Å². The SMILES string of the molecule is Cc1nnc(CC(C)C2CCCNC2)n1C(C)C. The zero-order valence-corrected chi connectivity index (χ0v) is 12.1. The van der Waals surface area contributed by atoms with Crippen LogP contribution in [0.4, 0.5) is 0 Å². The van der Waals surface area contributed by atoms with Gasteiger partial charge < -0.3 is 9.88 Å². The maximum Gasteiger partial charge on any atom is 0.133 e. The molecule has 1 aliphatic heterocycles. The highest BCUT2D eigenvalue weighted by molar-refractivity contribution is 4.98. The molecule has 1 aromatic rings. The van der Waals surface area contributed by atoms with Gasteiger partial charge in [0, 0.05) is 12.5 Å². The molecule has 2 unspecified atom stereocenters. The molecule has 2 atom stereocenters. The lowest BCUT2D eigenvalue weighted by molar-refractivity contribution is 0.273. The first-order chi connectivity index (χ1) is 8.59. The van der Waals surface area contributed by atoms with E-state index in [0.717, 1.165) is 30.5 Å². The van der Waals surface area contributed by atoms with E-state index in [4.69, 9.17) is 0 Å². The lowest BCUT2D eigenvalue weighted by atomic mass is 9.85. The maximum atomic E-state index is 4.36. The molecule has 0 bridgehead atoms. The second kappa shape index (κ2) is 5.83. The van der Waals surface area contributed by atoms with Gasteiger partial charge in [0.05, 0.1) is 0 Å².